The van der Waals surface area contributed by atoms with Gasteiger partial charge in [-0.1, -0.05) is 76.6 Å². The molecule has 27 heavy (non-hydrogen) atoms. The standard InChI is InChI=1S/C24H34S3/c1-3-5-7-9-11-21-13-17-23(18-14-21)25-27-26-24-19-15-22(16-20-24)12-10-8-6-4-2/h13-20H,3-12H2,1-2H3. The normalized spacial score (nSPS) is 11.0. The predicted molar refractivity (Wildman–Crippen MR) is 128 cm³/mol. The van der Waals surface area contributed by atoms with E-state index in [0.717, 1.165) is 0 Å². The number of hydrogen-bond acceptors (Lipinski definition) is 3. The van der Waals surface area contributed by atoms with E-state index in [1.807, 2.05) is 31.4 Å². The highest BCUT2D eigenvalue weighted by Crippen LogP contribution is 2.44. The van der Waals surface area contributed by atoms with Crippen molar-refractivity contribution in [1.29, 1.82) is 0 Å². The Bertz CT molecular complexity index is 549. The van der Waals surface area contributed by atoms with Crippen molar-refractivity contribution in [2.24, 2.45) is 0 Å². The molecule has 0 spiro atoms. The first kappa shape index (κ1) is 22.8. The summed E-state index contributed by atoms with van der Waals surface area (Å²) < 4.78 is 0. The van der Waals surface area contributed by atoms with Gasteiger partial charge in [0.05, 0.1) is 0 Å². The molecule has 0 saturated carbocycles. The van der Waals surface area contributed by atoms with Crippen LogP contribution < -0.4 is 0 Å². The first-order valence-corrected chi connectivity index (χ1v) is 14.0. The summed E-state index contributed by atoms with van der Waals surface area (Å²) in [6, 6.07) is 18.3. The Labute approximate surface area is 178 Å². The highest BCUT2D eigenvalue weighted by atomic mass is 33.5. The van der Waals surface area contributed by atoms with Gasteiger partial charge in [-0.3, -0.25) is 0 Å². The van der Waals surface area contributed by atoms with E-state index in [4.69, 9.17) is 0 Å². The number of rotatable bonds is 14. The molecule has 0 aliphatic heterocycles. The van der Waals surface area contributed by atoms with Crippen LogP contribution in [0, 0.1) is 0 Å². The topological polar surface area (TPSA) is 0 Å². The Morgan fingerprint density at radius 1 is 0.519 bits per heavy atom. The van der Waals surface area contributed by atoms with E-state index < -0.39 is 0 Å². The van der Waals surface area contributed by atoms with Crippen molar-refractivity contribution in [2.75, 3.05) is 0 Å². The van der Waals surface area contributed by atoms with Gasteiger partial charge in [-0.05, 0) is 92.5 Å². The van der Waals surface area contributed by atoms with Gasteiger partial charge in [0, 0.05) is 9.79 Å². The maximum atomic E-state index is 2.30. The summed E-state index contributed by atoms with van der Waals surface area (Å²) in [6.45, 7) is 4.54. The number of benzene rings is 2. The molecule has 0 bridgehead atoms. The van der Waals surface area contributed by atoms with Crippen LogP contribution in [0.2, 0.25) is 0 Å². The van der Waals surface area contributed by atoms with Gasteiger partial charge in [0.25, 0.3) is 0 Å². The van der Waals surface area contributed by atoms with Crippen LogP contribution in [0.15, 0.2) is 58.3 Å². The third-order valence-corrected chi connectivity index (χ3v) is 8.60. The fourth-order valence-electron chi connectivity index (χ4n) is 3.03. The van der Waals surface area contributed by atoms with Crippen LogP contribution >= 0.6 is 31.4 Å². The molecule has 0 amide bonds. The second-order valence-electron chi connectivity index (χ2n) is 7.14. The van der Waals surface area contributed by atoms with Crippen molar-refractivity contribution in [3.63, 3.8) is 0 Å². The molecule has 3 heteroatoms. The molecule has 2 aromatic rings. The first-order chi connectivity index (χ1) is 13.3. The Morgan fingerprint density at radius 3 is 1.30 bits per heavy atom. The molecular weight excluding hydrogens is 384 g/mol. The summed E-state index contributed by atoms with van der Waals surface area (Å²) in [6.07, 6.45) is 13.1. The Balaban J connectivity index is 1.65. The largest absolute Gasteiger partial charge is 0.0654 e. The van der Waals surface area contributed by atoms with Crippen LogP contribution in [0.4, 0.5) is 0 Å². The molecule has 0 atom stereocenters. The number of aryl methyl sites for hydroxylation is 2. The van der Waals surface area contributed by atoms with Crippen molar-refractivity contribution in [3.05, 3.63) is 59.7 Å². The van der Waals surface area contributed by atoms with Crippen molar-refractivity contribution in [3.8, 4) is 0 Å². The van der Waals surface area contributed by atoms with Crippen LogP contribution in [-0.4, -0.2) is 0 Å². The lowest BCUT2D eigenvalue weighted by Gasteiger charge is -2.05. The molecule has 148 valence electrons. The van der Waals surface area contributed by atoms with E-state index in [2.05, 4.69) is 62.4 Å². The summed E-state index contributed by atoms with van der Waals surface area (Å²) in [4.78, 5) is 2.69. The van der Waals surface area contributed by atoms with Gasteiger partial charge in [-0.2, -0.15) is 0 Å². The van der Waals surface area contributed by atoms with Gasteiger partial charge in [0.15, 0.2) is 0 Å². The van der Waals surface area contributed by atoms with Gasteiger partial charge in [0.2, 0.25) is 0 Å². The lowest BCUT2D eigenvalue weighted by molar-refractivity contribution is 0.667. The third-order valence-electron chi connectivity index (χ3n) is 4.75. The summed E-state index contributed by atoms with van der Waals surface area (Å²) in [7, 11) is 5.57. The average Bonchev–Trinajstić information content (AvgIpc) is 2.71. The molecule has 0 unspecified atom stereocenters. The van der Waals surface area contributed by atoms with Crippen molar-refractivity contribution in [2.45, 2.75) is 87.8 Å². The zero-order chi connectivity index (χ0) is 19.2. The van der Waals surface area contributed by atoms with Crippen LogP contribution in [0.25, 0.3) is 0 Å². The zero-order valence-corrected chi connectivity index (χ0v) is 19.4. The third kappa shape index (κ3) is 10.0. The van der Waals surface area contributed by atoms with E-state index in [9.17, 15) is 0 Å². The van der Waals surface area contributed by atoms with Crippen molar-refractivity contribution in [1.82, 2.24) is 0 Å². The van der Waals surface area contributed by atoms with Gasteiger partial charge in [0.1, 0.15) is 0 Å². The second-order valence-corrected chi connectivity index (χ2v) is 11.2. The lowest BCUT2D eigenvalue weighted by atomic mass is 10.1. The van der Waals surface area contributed by atoms with E-state index >= 15 is 0 Å². The number of unbranched alkanes of at least 4 members (excludes halogenated alkanes) is 6. The molecule has 0 fully saturated rings. The minimum atomic E-state index is 1.22. The fourth-order valence-corrected chi connectivity index (χ4v) is 6.68. The zero-order valence-electron chi connectivity index (χ0n) is 16.9. The number of hydrogen-bond donors (Lipinski definition) is 0. The molecule has 0 nitrogen and oxygen atoms in total. The molecule has 2 rings (SSSR count). The van der Waals surface area contributed by atoms with Crippen LogP contribution in [0.5, 0.6) is 0 Å². The quantitative estimate of drug-likeness (QED) is 0.221. The molecule has 0 aromatic heterocycles. The van der Waals surface area contributed by atoms with E-state index in [0.29, 0.717) is 0 Å². The summed E-state index contributed by atoms with van der Waals surface area (Å²) in [5, 5.41) is 0. The highest BCUT2D eigenvalue weighted by Gasteiger charge is 2.00. The second kappa shape index (κ2) is 14.5. The maximum absolute atomic E-state index is 2.30. The highest BCUT2D eigenvalue weighted by molar-refractivity contribution is 9.09. The molecule has 0 radical (unpaired) electrons. The molecular formula is C24H34S3. The first-order valence-electron chi connectivity index (χ1n) is 10.5. The fraction of sp³-hybridized carbons (Fsp3) is 0.500. The molecule has 0 N–H and O–H groups in total. The molecule has 2 aromatic carbocycles. The molecule has 0 heterocycles. The molecule has 0 saturated heterocycles. The minimum Gasteiger partial charge on any atom is -0.0654 e. The van der Waals surface area contributed by atoms with Gasteiger partial charge in [-0.25, -0.2) is 0 Å². The van der Waals surface area contributed by atoms with E-state index in [-0.39, 0.29) is 0 Å². The predicted octanol–water partition coefficient (Wildman–Crippen LogP) is 9.38. The van der Waals surface area contributed by atoms with E-state index in [1.54, 1.807) is 0 Å². The maximum Gasteiger partial charge on any atom is 0.0191 e. The van der Waals surface area contributed by atoms with Crippen LogP contribution in [-0.2, 0) is 12.8 Å². The Morgan fingerprint density at radius 2 is 0.926 bits per heavy atom. The van der Waals surface area contributed by atoms with Gasteiger partial charge in [-0.15, -0.1) is 0 Å². The summed E-state index contributed by atoms with van der Waals surface area (Å²) in [5.74, 6) is 0. The Hall–Kier alpha value is -0.510. The van der Waals surface area contributed by atoms with Gasteiger partial charge >= 0.3 is 0 Å². The Kier molecular flexibility index (Phi) is 12.2. The molecule has 0 aliphatic rings. The lowest BCUT2D eigenvalue weighted by Crippen LogP contribution is -1.85. The monoisotopic (exact) mass is 418 g/mol. The average molecular weight is 419 g/mol. The molecule has 0 aliphatic carbocycles. The summed E-state index contributed by atoms with van der Waals surface area (Å²) in [5.41, 5.74) is 2.95. The van der Waals surface area contributed by atoms with Crippen molar-refractivity contribution < 1.29 is 0 Å². The smallest absolute Gasteiger partial charge is 0.0191 e. The minimum absolute atomic E-state index is 1.22. The SMILES string of the molecule is CCCCCCc1ccc(SSSc2ccc(CCCCCC)cc2)cc1. The van der Waals surface area contributed by atoms with Crippen molar-refractivity contribution >= 4 is 31.4 Å². The summed E-state index contributed by atoms with van der Waals surface area (Å²) >= 11 is 0. The van der Waals surface area contributed by atoms with E-state index in [1.165, 1.54) is 85.1 Å². The van der Waals surface area contributed by atoms with Gasteiger partial charge < -0.3 is 0 Å². The van der Waals surface area contributed by atoms with Crippen LogP contribution in [0.1, 0.15) is 76.3 Å². The van der Waals surface area contributed by atoms with Crippen LogP contribution in [0.3, 0.4) is 0 Å².